The van der Waals surface area contributed by atoms with Crippen LogP contribution in [-0.2, 0) is 0 Å². The zero-order valence-corrected chi connectivity index (χ0v) is 6.88. The molecule has 0 aliphatic heterocycles. The van der Waals surface area contributed by atoms with E-state index in [1.54, 1.807) is 0 Å². The van der Waals surface area contributed by atoms with Gasteiger partial charge in [-0.25, -0.2) is 0 Å². The molecule has 0 aliphatic rings. The lowest BCUT2D eigenvalue weighted by Gasteiger charge is -2.10. The van der Waals surface area contributed by atoms with Crippen molar-refractivity contribution in [3.8, 4) is 0 Å². The molecule has 0 amide bonds. The van der Waals surface area contributed by atoms with Crippen molar-refractivity contribution in [1.82, 2.24) is 0 Å². The van der Waals surface area contributed by atoms with Crippen LogP contribution in [0.3, 0.4) is 0 Å². The first-order valence-corrected chi connectivity index (χ1v) is 4.84. The fourth-order valence-corrected chi connectivity index (χ4v) is 1.66. The molecule has 1 aromatic carbocycles. The maximum atomic E-state index is 9.39. The highest BCUT2D eigenvalue weighted by atomic mass is 32.2. The summed E-state index contributed by atoms with van der Waals surface area (Å²) in [6.07, 6.45) is 0. The second-order valence-electron chi connectivity index (χ2n) is 2.05. The van der Waals surface area contributed by atoms with Gasteiger partial charge < -0.3 is 4.55 Å². The minimum atomic E-state index is -0.873. The number of thiol groups is 1. The molecule has 0 saturated heterocycles. The Morgan fingerprint density at radius 1 is 1.30 bits per heavy atom. The predicted octanol–water partition coefficient (Wildman–Crippen LogP) is 2.54. The summed E-state index contributed by atoms with van der Waals surface area (Å²) >= 11 is -0.873. The average Bonchev–Trinajstić information content (AvgIpc) is 2.05. The normalized spacial score (nSPS) is 14.8. The van der Waals surface area contributed by atoms with Gasteiger partial charge in [-0.1, -0.05) is 25.1 Å². The lowest BCUT2D eigenvalue weighted by molar-refractivity contribution is 0.646. The van der Waals surface area contributed by atoms with Gasteiger partial charge in [0.25, 0.3) is 0 Å². The molecule has 1 rings (SSSR count). The van der Waals surface area contributed by atoms with Crippen molar-refractivity contribution in [1.29, 1.82) is 0 Å². The van der Waals surface area contributed by atoms with E-state index in [1.807, 2.05) is 37.3 Å². The summed E-state index contributed by atoms with van der Waals surface area (Å²) in [6, 6.07) is 9.81. The van der Waals surface area contributed by atoms with Crippen LogP contribution in [-0.4, -0.2) is 10.3 Å². The number of benzene rings is 1. The smallest absolute Gasteiger partial charge is 0.00969 e. The fourth-order valence-electron chi connectivity index (χ4n) is 0.783. The minimum Gasteiger partial charge on any atom is -0.350 e. The Morgan fingerprint density at radius 3 is 2.40 bits per heavy atom. The summed E-state index contributed by atoms with van der Waals surface area (Å²) in [4.78, 5) is 1.07. The molecule has 0 radical (unpaired) electrons. The van der Waals surface area contributed by atoms with Gasteiger partial charge in [-0.15, -0.1) is 11.2 Å². The Bertz CT molecular complexity index is 186. The van der Waals surface area contributed by atoms with Gasteiger partial charge >= 0.3 is 0 Å². The van der Waals surface area contributed by atoms with Crippen LogP contribution >= 0.6 is 11.2 Å². The SMILES string of the molecule is CC[SH](O)c1ccccc1. The Balaban J connectivity index is 2.75. The molecule has 1 nitrogen and oxygen atoms in total. The summed E-state index contributed by atoms with van der Waals surface area (Å²) in [7, 11) is 0. The maximum absolute atomic E-state index is 9.39. The first kappa shape index (κ1) is 7.63. The lowest BCUT2D eigenvalue weighted by atomic mass is 10.4. The lowest BCUT2D eigenvalue weighted by Crippen LogP contribution is -1.82. The molecule has 1 atom stereocenters. The van der Waals surface area contributed by atoms with Crippen molar-refractivity contribution in [3.63, 3.8) is 0 Å². The van der Waals surface area contributed by atoms with Gasteiger partial charge in [-0.3, -0.25) is 0 Å². The molecule has 0 bridgehead atoms. The first-order chi connectivity index (χ1) is 4.84. The van der Waals surface area contributed by atoms with E-state index in [-0.39, 0.29) is 0 Å². The second-order valence-corrected chi connectivity index (χ2v) is 4.00. The van der Waals surface area contributed by atoms with Crippen molar-refractivity contribution in [2.24, 2.45) is 0 Å². The van der Waals surface area contributed by atoms with E-state index in [4.69, 9.17) is 0 Å². The van der Waals surface area contributed by atoms with E-state index < -0.39 is 11.2 Å². The summed E-state index contributed by atoms with van der Waals surface area (Å²) < 4.78 is 9.39. The van der Waals surface area contributed by atoms with Crippen molar-refractivity contribution in [2.45, 2.75) is 11.8 Å². The van der Waals surface area contributed by atoms with Crippen molar-refractivity contribution >= 4 is 11.2 Å². The van der Waals surface area contributed by atoms with Gasteiger partial charge in [0, 0.05) is 4.90 Å². The Labute approximate surface area is 64.3 Å². The van der Waals surface area contributed by atoms with Gasteiger partial charge in [-0.2, -0.15) is 0 Å². The molecule has 0 spiro atoms. The van der Waals surface area contributed by atoms with Gasteiger partial charge in [0.05, 0.1) is 0 Å². The van der Waals surface area contributed by atoms with Crippen LogP contribution in [0, 0.1) is 0 Å². The monoisotopic (exact) mass is 156 g/mol. The molecule has 1 aromatic rings. The average molecular weight is 156 g/mol. The molecule has 0 heterocycles. The van der Waals surface area contributed by atoms with Crippen LogP contribution in [0.15, 0.2) is 35.2 Å². The molecule has 0 aromatic heterocycles. The second kappa shape index (κ2) is 3.64. The van der Waals surface area contributed by atoms with E-state index in [2.05, 4.69) is 0 Å². The Kier molecular flexibility index (Phi) is 2.78. The van der Waals surface area contributed by atoms with Crippen LogP contribution in [0.4, 0.5) is 0 Å². The zero-order chi connectivity index (χ0) is 7.40. The quantitative estimate of drug-likeness (QED) is 0.630. The van der Waals surface area contributed by atoms with Gasteiger partial charge in [0.2, 0.25) is 0 Å². The predicted molar refractivity (Wildman–Crippen MR) is 46.9 cm³/mol. The molecular formula is C8H12OS. The third-order valence-electron chi connectivity index (χ3n) is 1.35. The van der Waals surface area contributed by atoms with Crippen molar-refractivity contribution < 1.29 is 4.55 Å². The topological polar surface area (TPSA) is 20.2 Å². The van der Waals surface area contributed by atoms with Gasteiger partial charge in [0.1, 0.15) is 0 Å². The Morgan fingerprint density at radius 2 is 1.90 bits per heavy atom. The summed E-state index contributed by atoms with van der Waals surface area (Å²) in [5.74, 6) is 0.847. The molecule has 2 heteroatoms. The van der Waals surface area contributed by atoms with Crippen molar-refractivity contribution in [2.75, 3.05) is 5.75 Å². The number of rotatable bonds is 2. The summed E-state index contributed by atoms with van der Waals surface area (Å²) in [6.45, 7) is 2.00. The standard InChI is InChI=1S/C8H12OS/c1-2-10(9)8-6-4-3-5-7-8/h3-7,9-10H,2H2,1H3. The van der Waals surface area contributed by atoms with Gasteiger partial charge in [-0.05, 0) is 17.9 Å². The fraction of sp³-hybridized carbons (Fsp3) is 0.250. The van der Waals surface area contributed by atoms with Crippen LogP contribution in [0.5, 0.6) is 0 Å². The van der Waals surface area contributed by atoms with Crippen LogP contribution in [0.2, 0.25) is 0 Å². The molecule has 10 heavy (non-hydrogen) atoms. The molecule has 1 unspecified atom stereocenters. The largest absolute Gasteiger partial charge is 0.350 e. The molecule has 0 aliphatic carbocycles. The van der Waals surface area contributed by atoms with E-state index in [1.165, 1.54) is 0 Å². The highest BCUT2D eigenvalue weighted by Gasteiger charge is 1.95. The van der Waals surface area contributed by atoms with Gasteiger partial charge in [0.15, 0.2) is 0 Å². The third-order valence-corrected chi connectivity index (χ3v) is 2.85. The van der Waals surface area contributed by atoms with Crippen LogP contribution in [0.25, 0.3) is 0 Å². The molecular weight excluding hydrogens is 144 g/mol. The van der Waals surface area contributed by atoms with E-state index >= 15 is 0 Å². The van der Waals surface area contributed by atoms with Crippen LogP contribution < -0.4 is 0 Å². The summed E-state index contributed by atoms with van der Waals surface area (Å²) in [5, 5.41) is 0. The maximum Gasteiger partial charge on any atom is 0.00969 e. The van der Waals surface area contributed by atoms with Crippen LogP contribution in [0.1, 0.15) is 6.92 Å². The molecule has 1 N–H and O–H groups in total. The van der Waals surface area contributed by atoms with E-state index in [0.717, 1.165) is 10.6 Å². The summed E-state index contributed by atoms with van der Waals surface area (Å²) in [5.41, 5.74) is 0. The molecule has 0 fully saturated rings. The minimum absolute atomic E-state index is 0.847. The third kappa shape index (κ3) is 1.75. The number of hydrogen-bond acceptors (Lipinski definition) is 1. The molecule has 56 valence electrons. The van der Waals surface area contributed by atoms with E-state index in [9.17, 15) is 4.55 Å². The first-order valence-electron chi connectivity index (χ1n) is 3.36. The molecule has 0 saturated carbocycles. The van der Waals surface area contributed by atoms with Crippen molar-refractivity contribution in [3.05, 3.63) is 30.3 Å². The number of hydrogen-bond donors (Lipinski definition) is 2. The zero-order valence-electron chi connectivity index (χ0n) is 5.99. The van der Waals surface area contributed by atoms with E-state index in [0.29, 0.717) is 0 Å². The highest BCUT2D eigenvalue weighted by molar-refractivity contribution is 8.12. The highest BCUT2D eigenvalue weighted by Crippen LogP contribution is 2.29. The Hall–Kier alpha value is -0.470.